The van der Waals surface area contributed by atoms with Crippen molar-refractivity contribution in [2.24, 2.45) is 0 Å². The summed E-state index contributed by atoms with van der Waals surface area (Å²) >= 11 is 0. The fourth-order valence-corrected chi connectivity index (χ4v) is 0.834. The van der Waals surface area contributed by atoms with E-state index in [2.05, 4.69) is 24.5 Å². The molecule has 0 rings (SSSR count). The Balaban J connectivity index is 3.46. The zero-order valence-corrected chi connectivity index (χ0v) is 9.81. The van der Waals surface area contributed by atoms with E-state index in [-0.39, 0.29) is 11.6 Å². The average molecular weight is 202 g/mol. The molecular weight excluding hydrogens is 180 g/mol. The van der Waals surface area contributed by atoms with Gasteiger partial charge in [0, 0.05) is 18.1 Å². The zero-order chi connectivity index (χ0) is 11.2. The predicted molar refractivity (Wildman–Crippen MR) is 57.4 cm³/mol. The van der Waals surface area contributed by atoms with Crippen molar-refractivity contribution in [1.29, 1.82) is 0 Å². The lowest BCUT2D eigenvalue weighted by molar-refractivity contribution is 0.137. The fourth-order valence-electron chi connectivity index (χ4n) is 0.834. The quantitative estimate of drug-likeness (QED) is 0.679. The summed E-state index contributed by atoms with van der Waals surface area (Å²) in [6.45, 7) is 10.9. The molecule has 4 heteroatoms. The van der Waals surface area contributed by atoms with E-state index in [1.165, 1.54) is 0 Å². The van der Waals surface area contributed by atoms with Crippen molar-refractivity contribution in [3.05, 3.63) is 0 Å². The van der Waals surface area contributed by atoms with E-state index < -0.39 is 0 Å². The first-order valence-corrected chi connectivity index (χ1v) is 4.99. The molecule has 0 aromatic rings. The van der Waals surface area contributed by atoms with Gasteiger partial charge in [-0.2, -0.15) is 0 Å². The van der Waals surface area contributed by atoms with Crippen LogP contribution in [0.5, 0.6) is 0 Å². The third-order valence-electron chi connectivity index (χ3n) is 1.36. The van der Waals surface area contributed by atoms with Crippen molar-refractivity contribution < 1.29 is 9.53 Å². The Morgan fingerprint density at radius 1 is 1.36 bits per heavy atom. The summed E-state index contributed by atoms with van der Waals surface area (Å²) in [6.07, 6.45) is -0.358. The number of hydrogen-bond donors (Lipinski definition) is 2. The summed E-state index contributed by atoms with van der Waals surface area (Å²) in [4.78, 5) is 11.1. The standard InChI is InChI=1S/C10H22N2O2/c1-8(2)11-6-7-14-9(13)12-10(3,4)5/h8,11H,6-7H2,1-5H3,(H,12,13). The smallest absolute Gasteiger partial charge is 0.407 e. The molecule has 0 aromatic heterocycles. The van der Waals surface area contributed by atoms with Crippen LogP contribution in [0.1, 0.15) is 34.6 Å². The van der Waals surface area contributed by atoms with E-state index >= 15 is 0 Å². The summed E-state index contributed by atoms with van der Waals surface area (Å²) in [6, 6.07) is 0.421. The highest BCUT2D eigenvalue weighted by Crippen LogP contribution is 1.98. The van der Waals surface area contributed by atoms with Crippen molar-refractivity contribution in [3.63, 3.8) is 0 Å². The number of alkyl carbamates (subject to hydrolysis) is 1. The first-order valence-electron chi connectivity index (χ1n) is 4.99. The van der Waals surface area contributed by atoms with Crippen molar-refractivity contribution >= 4 is 6.09 Å². The molecule has 2 N–H and O–H groups in total. The Labute approximate surface area is 86.4 Å². The number of hydrogen-bond acceptors (Lipinski definition) is 3. The van der Waals surface area contributed by atoms with Crippen molar-refractivity contribution in [3.8, 4) is 0 Å². The van der Waals surface area contributed by atoms with Gasteiger partial charge in [-0.1, -0.05) is 13.8 Å². The Bertz CT molecular complexity index is 173. The van der Waals surface area contributed by atoms with Crippen LogP contribution in [0, 0.1) is 0 Å². The lowest BCUT2D eigenvalue weighted by Gasteiger charge is -2.20. The maximum Gasteiger partial charge on any atom is 0.407 e. The summed E-state index contributed by atoms with van der Waals surface area (Å²) < 4.78 is 4.96. The SMILES string of the molecule is CC(C)NCCOC(=O)NC(C)(C)C. The van der Waals surface area contributed by atoms with Crippen LogP contribution >= 0.6 is 0 Å². The van der Waals surface area contributed by atoms with E-state index in [4.69, 9.17) is 4.74 Å². The highest BCUT2D eigenvalue weighted by Gasteiger charge is 2.13. The summed E-state index contributed by atoms with van der Waals surface area (Å²) in [5.74, 6) is 0. The van der Waals surface area contributed by atoms with E-state index in [1.54, 1.807) is 0 Å². The molecule has 0 saturated carbocycles. The van der Waals surface area contributed by atoms with Gasteiger partial charge in [-0.3, -0.25) is 0 Å². The molecule has 0 fully saturated rings. The molecule has 0 aliphatic carbocycles. The third kappa shape index (κ3) is 9.32. The zero-order valence-electron chi connectivity index (χ0n) is 9.81. The van der Waals surface area contributed by atoms with E-state index in [0.29, 0.717) is 19.2 Å². The van der Waals surface area contributed by atoms with Gasteiger partial charge in [0.1, 0.15) is 6.61 Å². The first kappa shape index (κ1) is 13.2. The van der Waals surface area contributed by atoms with Crippen LogP contribution in [0.15, 0.2) is 0 Å². The highest BCUT2D eigenvalue weighted by molar-refractivity contribution is 5.68. The molecule has 1 amide bonds. The molecule has 84 valence electrons. The minimum absolute atomic E-state index is 0.234. The first-order chi connectivity index (χ1) is 6.31. The van der Waals surface area contributed by atoms with Crippen LogP contribution in [-0.4, -0.2) is 30.8 Å². The summed E-state index contributed by atoms with van der Waals surface area (Å²) in [7, 11) is 0. The van der Waals surface area contributed by atoms with Crippen LogP contribution in [0.3, 0.4) is 0 Å². The summed E-state index contributed by atoms with van der Waals surface area (Å²) in [5, 5.41) is 5.88. The number of carbonyl (C=O) groups excluding carboxylic acids is 1. The molecule has 0 saturated heterocycles. The maximum atomic E-state index is 11.1. The Hall–Kier alpha value is -0.770. The maximum absolute atomic E-state index is 11.1. The minimum Gasteiger partial charge on any atom is -0.448 e. The van der Waals surface area contributed by atoms with Gasteiger partial charge in [-0.05, 0) is 20.8 Å². The minimum atomic E-state index is -0.358. The molecule has 4 nitrogen and oxygen atoms in total. The number of nitrogens with one attached hydrogen (secondary N) is 2. The molecule has 0 unspecified atom stereocenters. The fraction of sp³-hybridized carbons (Fsp3) is 0.900. The van der Waals surface area contributed by atoms with Crippen LogP contribution in [0.2, 0.25) is 0 Å². The van der Waals surface area contributed by atoms with Crippen molar-refractivity contribution in [2.75, 3.05) is 13.2 Å². The lowest BCUT2D eigenvalue weighted by atomic mass is 10.1. The van der Waals surface area contributed by atoms with E-state index in [1.807, 2.05) is 20.8 Å². The second kappa shape index (κ2) is 5.86. The molecule has 0 radical (unpaired) electrons. The van der Waals surface area contributed by atoms with Gasteiger partial charge in [-0.25, -0.2) is 4.79 Å². The number of amides is 1. The van der Waals surface area contributed by atoms with Gasteiger partial charge in [-0.15, -0.1) is 0 Å². The number of rotatable bonds is 4. The Kier molecular flexibility index (Phi) is 5.53. The molecule has 0 atom stereocenters. The van der Waals surface area contributed by atoms with E-state index in [9.17, 15) is 4.79 Å². The van der Waals surface area contributed by atoms with Gasteiger partial charge < -0.3 is 15.4 Å². The average Bonchev–Trinajstić information content (AvgIpc) is 1.94. The normalized spacial score (nSPS) is 11.6. The van der Waals surface area contributed by atoms with Crippen LogP contribution < -0.4 is 10.6 Å². The predicted octanol–water partition coefficient (Wildman–Crippen LogP) is 1.51. The van der Waals surface area contributed by atoms with Crippen LogP contribution in [0.4, 0.5) is 4.79 Å². The monoisotopic (exact) mass is 202 g/mol. The molecule has 0 spiro atoms. The number of carbonyl (C=O) groups is 1. The molecule has 0 aliphatic rings. The molecule has 0 heterocycles. The van der Waals surface area contributed by atoms with Gasteiger partial charge in [0.25, 0.3) is 0 Å². The van der Waals surface area contributed by atoms with Crippen LogP contribution in [-0.2, 0) is 4.74 Å². The second-order valence-electron chi connectivity index (χ2n) is 4.62. The van der Waals surface area contributed by atoms with Gasteiger partial charge in [0.15, 0.2) is 0 Å². The van der Waals surface area contributed by atoms with Gasteiger partial charge in [0.2, 0.25) is 0 Å². The number of ether oxygens (including phenoxy) is 1. The Morgan fingerprint density at radius 2 is 1.93 bits per heavy atom. The topological polar surface area (TPSA) is 50.4 Å². The summed E-state index contributed by atoms with van der Waals surface area (Å²) in [5.41, 5.74) is -0.234. The second-order valence-corrected chi connectivity index (χ2v) is 4.62. The van der Waals surface area contributed by atoms with Crippen molar-refractivity contribution in [1.82, 2.24) is 10.6 Å². The molecule has 0 bridgehead atoms. The largest absolute Gasteiger partial charge is 0.448 e. The molecule has 0 aliphatic heterocycles. The third-order valence-corrected chi connectivity index (χ3v) is 1.36. The van der Waals surface area contributed by atoms with E-state index in [0.717, 1.165) is 0 Å². The van der Waals surface area contributed by atoms with Crippen molar-refractivity contribution in [2.45, 2.75) is 46.2 Å². The van der Waals surface area contributed by atoms with Gasteiger partial charge >= 0.3 is 6.09 Å². The molecule has 0 aromatic carbocycles. The molecule has 14 heavy (non-hydrogen) atoms. The van der Waals surface area contributed by atoms with Crippen LogP contribution in [0.25, 0.3) is 0 Å². The Morgan fingerprint density at radius 3 is 2.36 bits per heavy atom. The lowest BCUT2D eigenvalue weighted by Crippen LogP contribution is -2.41. The highest BCUT2D eigenvalue weighted by atomic mass is 16.5. The molecular formula is C10H22N2O2. The van der Waals surface area contributed by atoms with Gasteiger partial charge in [0.05, 0.1) is 0 Å².